The van der Waals surface area contributed by atoms with Crippen molar-refractivity contribution in [2.45, 2.75) is 56.8 Å². The van der Waals surface area contributed by atoms with Crippen molar-refractivity contribution in [3.8, 4) is 39.1 Å². The van der Waals surface area contributed by atoms with Gasteiger partial charge in [0.25, 0.3) is 0 Å². The number of nitrogens with one attached hydrogen (secondary N) is 1. The first-order chi connectivity index (χ1) is 39.8. The van der Waals surface area contributed by atoms with Crippen LogP contribution in [0.5, 0.6) is 0 Å². The number of aryl methyl sites for hydroxylation is 5. The summed E-state index contributed by atoms with van der Waals surface area (Å²) in [6.07, 6.45) is -6.30. The van der Waals surface area contributed by atoms with E-state index in [1.807, 2.05) is 77.7 Å². The summed E-state index contributed by atoms with van der Waals surface area (Å²) in [5, 5.41) is 14.2. The number of halogens is 6. The van der Waals surface area contributed by atoms with Crippen molar-refractivity contribution in [2.75, 3.05) is 4.90 Å². The summed E-state index contributed by atoms with van der Waals surface area (Å²) < 4.78 is 91.1. The molecule has 410 valence electrons. The molecule has 1 N–H and O–H groups in total. The summed E-state index contributed by atoms with van der Waals surface area (Å²) in [5.74, 6) is 0. The Hall–Kier alpha value is -8.84. The summed E-state index contributed by atoms with van der Waals surface area (Å²) in [4.78, 5) is 4.18. The van der Waals surface area contributed by atoms with Crippen LogP contribution in [-0.2, 0) is 12.4 Å². The first-order valence-corrected chi connectivity index (χ1v) is 28.1. The Balaban J connectivity index is 0.992. The third-order valence-electron chi connectivity index (χ3n) is 15.6. The van der Waals surface area contributed by atoms with Gasteiger partial charge in [0, 0.05) is 43.2 Å². The Morgan fingerprint density at radius 2 is 1.13 bits per heavy atom. The summed E-state index contributed by atoms with van der Waals surface area (Å²) in [6, 6.07) is 62.2. The van der Waals surface area contributed by atoms with Crippen molar-refractivity contribution in [2.24, 2.45) is 4.40 Å². The third-order valence-corrected chi connectivity index (χ3v) is 17.1. The second-order valence-corrected chi connectivity index (χ2v) is 22.3. The average Bonchev–Trinajstić information content (AvgIpc) is 2.22. The SMILES string of the molecule is Cc1cc(C)c(-c2ccc3c(ccc4c3c3cc(C5=CC=C(N(c6ccc(-c7ccccc7)cc6)c6ccc(-c7ccc(C(F)(F)F)cc7C(F)(F)F)cc6)C(=N)C5=NS)ccc3n4-c3ccc(Sc4c(C)cccc4C)cc3)c2)c(C)c1. The van der Waals surface area contributed by atoms with Gasteiger partial charge >= 0.3 is 12.4 Å². The first kappa shape index (κ1) is 54.7. The molecule has 1 aliphatic carbocycles. The standard InChI is InChI=1S/C71H52F6N4S2/c1-41-36-44(4)65(45(5)37-41)51-18-30-58-49(38-51)20-34-63-66(58)60-39-50(19-33-62(60)81(63)55-26-28-56(29-27-55)83-69-42(2)10-9-11-43(69)3)59-32-35-64(67(78)68(59)79-82)80(53-22-14-47(15-23-53)46-12-7-6-8-13-46)54-24-16-48(17-25-54)57-31-21-52(70(72,73)74)40-61(57)71(75,76)77/h6-40,78,82H,1-5H3. The monoisotopic (exact) mass is 1140 g/mol. The number of rotatable bonds is 10. The third kappa shape index (κ3) is 10.2. The second-order valence-electron chi connectivity index (χ2n) is 21.1. The molecule has 1 aliphatic rings. The van der Waals surface area contributed by atoms with Crippen LogP contribution in [0.15, 0.2) is 232 Å². The molecule has 1 aromatic heterocycles. The number of allylic oxidation sites excluding steroid dienone is 4. The maximum absolute atomic E-state index is 14.4. The van der Waals surface area contributed by atoms with E-state index >= 15 is 0 Å². The van der Waals surface area contributed by atoms with E-state index in [1.54, 1.807) is 23.9 Å². The van der Waals surface area contributed by atoms with Crippen LogP contribution in [0.25, 0.3) is 77.2 Å². The summed E-state index contributed by atoms with van der Waals surface area (Å²) in [6.45, 7) is 10.7. The molecule has 0 saturated heterocycles. The molecule has 12 rings (SSSR count). The lowest BCUT2D eigenvalue weighted by molar-refractivity contribution is -0.142. The fourth-order valence-electron chi connectivity index (χ4n) is 11.8. The Labute approximate surface area is 486 Å². The van der Waals surface area contributed by atoms with E-state index in [2.05, 4.69) is 153 Å². The molecule has 0 amide bonds. The van der Waals surface area contributed by atoms with E-state index in [-0.39, 0.29) is 23.1 Å². The lowest BCUT2D eigenvalue weighted by atomic mass is 9.90. The summed E-state index contributed by atoms with van der Waals surface area (Å²) >= 11 is 6.27. The normalized spacial score (nSPS) is 13.5. The van der Waals surface area contributed by atoms with Crippen LogP contribution in [0.3, 0.4) is 0 Å². The van der Waals surface area contributed by atoms with Crippen LogP contribution in [-0.4, -0.2) is 16.0 Å². The van der Waals surface area contributed by atoms with E-state index in [9.17, 15) is 31.8 Å². The smallest absolute Gasteiger partial charge is 0.309 e. The topological polar surface area (TPSA) is 44.4 Å². The number of nitrogens with zero attached hydrogens (tertiary/aromatic N) is 3. The minimum atomic E-state index is -5.07. The highest BCUT2D eigenvalue weighted by atomic mass is 32.2. The highest BCUT2D eigenvalue weighted by Crippen LogP contribution is 2.45. The van der Waals surface area contributed by atoms with E-state index in [1.165, 1.54) is 50.4 Å². The van der Waals surface area contributed by atoms with Gasteiger partial charge in [0.1, 0.15) is 11.4 Å². The number of aromatic nitrogens is 1. The predicted molar refractivity (Wildman–Crippen MR) is 334 cm³/mol. The minimum absolute atomic E-state index is 0.0249. The Morgan fingerprint density at radius 1 is 0.518 bits per heavy atom. The van der Waals surface area contributed by atoms with Crippen LogP contribution in [0.4, 0.5) is 37.7 Å². The molecule has 0 atom stereocenters. The molecule has 1 heterocycles. The maximum atomic E-state index is 14.4. The van der Waals surface area contributed by atoms with Crippen molar-refractivity contribution < 1.29 is 26.3 Å². The number of hydrogen-bond acceptors (Lipinski definition) is 5. The van der Waals surface area contributed by atoms with Crippen molar-refractivity contribution >= 4 is 85.5 Å². The largest absolute Gasteiger partial charge is 0.417 e. The zero-order valence-electron chi connectivity index (χ0n) is 45.7. The van der Waals surface area contributed by atoms with Gasteiger partial charge in [-0.25, -0.2) is 4.40 Å². The van der Waals surface area contributed by atoms with Crippen LogP contribution >= 0.6 is 24.6 Å². The van der Waals surface area contributed by atoms with Crippen LogP contribution in [0.2, 0.25) is 0 Å². The van der Waals surface area contributed by atoms with Gasteiger partial charge in [-0.05, 0) is 216 Å². The van der Waals surface area contributed by atoms with Gasteiger partial charge in [0.05, 0.1) is 27.9 Å². The summed E-state index contributed by atoms with van der Waals surface area (Å²) in [5.41, 5.74) is 13.5. The van der Waals surface area contributed by atoms with Crippen molar-refractivity contribution in [1.29, 1.82) is 5.41 Å². The predicted octanol–water partition coefficient (Wildman–Crippen LogP) is 21.1. The molecule has 0 saturated carbocycles. The molecule has 0 bridgehead atoms. The lowest BCUT2D eigenvalue weighted by Crippen LogP contribution is -2.30. The van der Waals surface area contributed by atoms with Crippen LogP contribution < -0.4 is 4.90 Å². The molecule has 0 spiro atoms. The van der Waals surface area contributed by atoms with Crippen molar-refractivity contribution in [3.63, 3.8) is 0 Å². The minimum Gasteiger partial charge on any atom is -0.309 e. The highest BCUT2D eigenvalue weighted by molar-refractivity contribution is 7.99. The van der Waals surface area contributed by atoms with E-state index in [0.29, 0.717) is 28.7 Å². The molecule has 83 heavy (non-hydrogen) atoms. The molecule has 10 aromatic carbocycles. The summed E-state index contributed by atoms with van der Waals surface area (Å²) in [7, 11) is 0. The Bertz CT molecular complexity index is 4450. The van der Waals surface area contributed by atoms with Gasteiger partial charge < -0.3 is 9.47 Å². The molecule has 4 nitrogen and oxygen atoms in total. The number of fused-ring (bicyclic) bond motifs is 5. The Morgan fingerprint density at radius 3 is 1.77 bits per heavy atom. The van der Waals surface area contributed by atoms with Gasteiger partial charge in [-0.1, -0.05) is 133 Å². The van der Waals surface area contributed by atoms with Crippen LogP contribution in [0, 0.1) is 40.0 Å². The molecular weight excluding hydrogens is 1090 g/mol. The van der Waals surface area contributed by atoms with Crippen LogP contribution in [0.1, 0.15) is 44.5 Å². The highest BCUT2D eigenvalue weighted by Gasteiger charge is 2.39. The van der Waals surface area contributed by atoms with E-state index in [4.69, 9.17) is 0 Å². The maximum Gasteiger partial charge on any atom is 0.417 e. The van der Waals surface area contributed by atoms with E-state index < -0.39 is 29.0 Å². The fraction of sp³-hybridized carbons (Fsp3) is 0.0986. The quantitative estimate of drug-likeness (QED) is 0.0814. The average molecular weight is 1140 g/mol. The fourth-order valence-corrected chi connectivity index (χ4v) is 13.0. The van der Waals surface area contributed by atoms with Gasteiger partial charge in [-0.2, -0.15) is 26.3 Å². The van der Waals surface area contributed by atoms with Crippen molar-refractivity contribution in [1.82, 2.24) is 4.57 Å². The molecule has 0 fully saturated rings. The molecule has 12 heteroatoms. The van der Waals surface area contributed by atoms with E-state index in [0.717, 1.165) is 71.5 Å². The zero-order chi connectivity index (χ0) is 58.1. The Kier molecular flexibility index (Phi) is 14.2. The van der Waals surface area contributed by atoms with Crippen molar-refractivity contribution in [3.05, 3.63) is 263 Å². The molecule has 0 aliphatic heterocycles. The molecule has 0 radical (unpaired) electrons. The van der Waals surface area contributed by atoms with Gasteiger partial charge in [-0.15, -0.1) is 0 Å². The number of alkyl halides is 6. The number of hydrogen-bond donors (Lipinski definition) is 2. The molecule has 0 unspecified atom stereocenters. The molecular formula is C71H52F6N4S2. The second kappa shape index (κ2) is 21.5. The van der Waals surface area contributed by atoms with Gasteiger partial charge in [0.2, 0.25) is 0 Å². The number of benzene rings is 10. The lowest BCUT2D eigenvalue weighted by Gasteiger charge is -2.31. The van der Waals surface area contributed by atoms with Gasteiger partial charge in [-0.3, -0.25) is 5.41 Å². The zero-order valence-corrected chi connectivity index (χ0v) is 47.4. The first-order valence-electron chi connectivity index (χ1n) is 26.9. The van der Waals surface area contributed by atoms with Gasteiger partial charge in [0.15, 0.2) is 0 Å². The molecule has 11 aromatic rings. The number of anilines is 2. The number of thiol groups is 1.